The number of methoxy groups -OCH3 is 1. The Morgan fingerprint density at radius 1 is 0.902 bits per heavy atom. The molecule has 3 aromatic rings. The van der Waals surface area contributed by atoms with E-state index in [0.717, 1.165) is 46.9 Å². The summed E-state index contributed by atoms with van der Waals surface area (Å²) < 4.78 is 10.6. The normalized spacial score (nSPS) is 17.4. The van der Waals surface area contributed by atoms with E-state index in [0.29, 0.717) is 13.1 Å². The maximum Gasteiger partial charge on any atom is 0.407 e. The van der Waals surface area contributed by atoms with Crippen LogP contribution in [-0.2, 0) is 14.3 Å². The number of alkyl carbamates (subject to hydrolysis) is 1. The van der Waals surface area contributed by atoms with Gasteiger partial charge in [0.25, 0.3) is 0 Å². The zero-order valence-corrected chi connectivity index (χ0v) is 24.2. The van der Waals surface area contributed by atoms with Gasteiger partial charge in [-0.25, -0.2) is 9.79 Å². The van der Waals surface area contributed by atoms with Crippen molar-refractivity contribution < 1.29 is 19.1 Å². The molecular weight excluding hydrogens is 516 g/mol. The number of aliphatic imine (C=N–C) groups is 1. The van der Waals surface area contributed by atoms with Crippen molar-refractivity contribution in [2.75, 3.05) is 25.1 Å². The summed E-state index contributed by atoms with van der Waals surface area (Å²) in [5.74, 6) is 0.512. The van der Waals surface area contributed by atoms with Crippen molar-refractivity contribution in [2.45, 2.75) is 57.7 Å². The van der Waals surface area contributed by atoms with E-state index >= 15 is 0 Å². The van der Waals surface area contributed by atoms with Gasteiger partial charge in [0.15, 0.2) is 0 Å². The van der Waals surface area contributed by atoms with Crippen LogP contribution in [0.3, 0.4) is 0 Å². The van der Waals surface area contributed by atoms with E-state index in [1.54, 1.807) is 0 Å². The third-order valence-corrected chi connectivity index (χ3v) is 7.38. The first-order valence-corrected chi connectivity index (χ1v) is 14.2. The van der Waals surface area contributed by atoms with Crippen molar-refractivity contribution in [3.63, 3.8) is 0 Å². The van der Waals surface area contributed by atoms with E-state index in [1.807, 2.05) is 63.2 Å². The highest BCUT2D eigenvalue weighted by Gasteiger charge is 2.37. The second-order valence-electron chi connectivity index (χ2n) is 11.5. The summed E-state index contributed by atoms with van der Waals surface area (Å²) >= 11 is 0. The zero-order chi connectivity index (χ0) is 29.0. The molecule has 0 aliphatic carbocycles. The number of likely N-dealkylation sites (tertiary alicyclic amines) is 1. The lowest BCUT2D eigenvalue weighted by Crippen LogP contribution is -2.53. The lowest BCUT2D eigenvalue weighted by Gasteiger charge is -2.44. The van der Waals surface area contributed by atoms with Gasteiger partial charge in [-0.2, -0.15) is 0 Å². The van der Waals surface area contributed by atoms with Gasteiger partial charge < -0.3 is 24.6 Å². The predicted octanol–water partition coefficient (Wildman–Crippen LogP) is 6.45. The van der Waals surface area contributed by atoms with Crippen molar-refractivity contribution in [1.82, 2.24) is 10.2 Å². The number of carbonyl (C=O) groups is 2. The molecule has 8 nitrogen and oxygen atoms in total. The van der Waals surface area contributed by atoms with Gasteiger partial charge >= 0.3 is 12.1 Å². The number of nitrogens with zero attached hydrogens (tertiary/aromatic N) is 3. The average molecular weight is 555 g/mol. The minimum atomic E-state index is -0.541. The molecular formula is C33H38N4O4. The fourth-order valence-electron chi connectivity index (χ4n) is 5.42. The van der Waals surface area contributed by atoms with E-state index in [9.17, 15) is 9.59 Å². The summed E-state index contributed by atoms with van der Waals surface area (Å²) in [6.07, 6.45) is 1.30. The molecule has 0 saturated carbocycles. The number of benzene rings is 3. The molecule has 214 valence electrons. The van der Waals surface area contributed by atoms with E-state index in [-0.39, 0.29) is 24.5 Å². The van der Waals surface area contributed by atoms with Crippen LogP contribution >= 0.6 is 0 Å². The first-order chi connectivity index (χ1) is 19.7. The zero-order valence-electron chi connectivity index (χ0n) is 24.2. The van der Waals surface area contributed by atoms with Crippen LogP contribution < -0.4 is 10.2 Å². The number of anilines is 1. The highest BCUT2D eigenvalue weighted by Crippen LogP contribution is 2.41. The Morgan fingerprint density at radius 2 is 1.54 bits per heavy atom. The van der Waals surface area contributed by atoms with E-state index in [1.165, 1.54) is 7.11 Å². The van der Waals surface area contributed by atoms with E-state index in [2.05, 4.69) is 51.5 Å². The van der Waals surface area contributed by atoms with Crippen LogP contribution in [-0.4, -0.2) is 54.8 Å². The van der Waals surface area contributed by atoms with Gasteiger partial charge in [-0.1, -0.05) is 60.7 Å². The topological polar surface area (TPSA) is 83.5 Å². The number of esters is 1. The maximum absolute atomic E-state index is 12.7. The Balaban J connectivity index is 1.45. The third-order valence-electron chi connectivity index (χ3n) is 7.38. The van der Waals surface area contributed by atoms with Gasteiger partial charge in [-0.05, 0) is 62.9 Å². The van der Waals surface area contributed by atoms with Gasteiger partial charge in [0, 0.05) is 30.4 Å². The van der Waals surface area contributed by atoms with Crippen LogP contribution in [0.4, 0.5) is 16.2 Å². The number of amides is 1. The lowest BCUT2D eigenvalue weighted by atomic mass is 9.96. The molecule has 5 rings (SSSR count). The molecule has 1 saturated heterocycles. The summed E-state index contributed by atoms with van der Waals surface area (Å²) in [5.41, 5.74) is 4.49. The average Bonchev–Trinajstić information content (AvgIpc) is 2.97. The predicted molar refractivity (Wildman–Crippen MR) is 161 cm³/mol. The Kier molecular flexibility index (Phi) is 8.28. The molecule has 2 aliphatic rings. The van der Waals surface area contributed by atoms with Crippen molar-refractivity contribution in [1.29, 1.82) is 0 Å². The summed E-state index contributed by atoms with van der Waals surface area (Å²) in [4.78, 5) is 34.6. The van der Waals surface area contributed by atoms with Gasteiger partial charge in [0.1, 0.15) is 5.60 Å². The fourth-order valence-corrected chi connectivity index (χ4v) is 5.42. The van der Waals surface area contributed by atoms with Crippen LogP contribution in [0, 0.1) is 0 Å². The molecule has 0 spiro atoms. The number of fused-ring (bicyclic) bond motifs is 1. The molecule has 1 atom stereocenters. The Labute approximate surface area is 242 Å². The number of hydrogen-bond donors (Lipinski definition) is 1. The SMILES string of the molecule is COC(=O)CC1c2ccccc2N=C(N2CCC(NC(=O)OC(C)(C)C)CC2)N1c1ccc(-c2ccccc2)cc1. The highest BCUT2D eigenvalue weighted by molar-refractivity contribution is 6.01. The minimum absolute atomic E-state index is 0.0158. The van der Waals surface area contributed by atoms with Crippen LogP contribution in [0.2, 0.25) is 0 Å². The van der Waals surface area contributed by atoms with E-state index in [4.69, 9.17) is 14.5 Å². The molecule has 2 aliphatic heterocycles. The molecule has 1 unspecified atom stereocenters. The summed E-state index contributed by atoms with van der Waals surface area (Å²) in [7, 11) is 1.42. The number of hydrogen-bond acceptors (Lipinski definition) is 7. The van der Waals surface area contributed by atoms with Crippen molar-refractivity contribution >= 4 is 29.4 Å². The summed E-state index contributed by atoms with van der Waals surface area (Å²) in [5, 5.41) is 3.02. The fraction of sp³-hybridized carbons (Fsp3) is 0.364. The molecule has 0 bridgehead atoms. The number of carbonyl (C=O) groups excluding carboxylic acids is 2. The number of ether oxygens (including phenoxy) is 2. The highest BCUT2D eigenvalue weighted by atomic mass is 16.6. The van der Waals surface area contributed by atoms with Gasteiger partial charge in [0.2, 0.25) is 5.96 Å². The first kappa shape index (κ1) is 28.2. The standard InChI is InChI=1S/C33H38N4O4/c1-33(2,3)41-32(39)34-25-18-20-36(21-19-25)31-35-28-13-9-8-12-27(28)29(22-30(38)40-4)37(31)26-16-14-24(15-17-26)23-10-6-5-7-11-23/h5-17,25,29H,18-22H2,1-4H3,(H,34,39). The van der Waals surface area contributed by atoms with E-state index < -0.39 is 11.7 Å². The van der Waals surface area contributed by atoms with Crippen LogP contribution in [0.25, 0.3) is 11.1 Å². The molecule has 8 heteroatoms. The van der Waals surface area contributed by atoms with Gasteiger partial charge in [-0.15, -0.1) is 0 Å². The quantitative estimate of drug-likeness (QED) is 0.365. The van der Waals surface area contributed by atoms with Crippen molar-refractivity contribution in [3.8, 4) is 11.1 Å². The second-order valence-corrected chi connectivity index (χ2v) is 11.5. The second kappa shape index (κ2) is 12.0. The summed E-state index contributed by atoms with van der Waals surface area (Å²) in [6.45, 7) is 6.98. The molecule has 1 fully saturated rings. The van der Waals surface area contributed by atoms with Crippen molar-refractivity contribution in [2.24, 2.45) is 4.99 Å². The molecule has 1 N–H and O–H groups in total. The van der Waals surface area contributed by atoms with Gasteiger partial charge in [0.05, 0.1) is 25.3 Å². The molecule has 41 heavy (non-hydrogen) atoms. The Hall–Kier alpha value is -4.33. The molecule has 1 amide bonds. The maximum atomic E-state index is 12.7. The van der Waals surface area contributed by atoms with Crippen LogP contribution in [0.5, 0.6) is 0 Å². The summed E-state index contributed by atoms with van der Waals surface area (Å²) in [6, 6.07) is 26.4. The molecule has 0 radical (unpaired) electrons. The number of rotatable bonds is 5. The third kappa shape index (κ3) is 6.70. The number of nitrogens with one attached hydrogen (secondary N) is 1. The molecule has 2 heterocycles. The molecule has 0 aromatic heterocycles. The Morgan fingerprint density at radius 3 is 2.20 bits per heavy atom. The largest absolute Gasteiger partial charge is 0.469 e. The van der Waals surface area contributed by atoms with Crippen LogP contribution in [0.1, 0.15) is 51.6 Å². The number of para-hydroxylation sites is 1. The lowest BCUT2D eigenvalue weighted by molar-refractivity contribution is -0.141. The van der Waals surface area contributed by atoms with Gasteiger partial charge in [-0.3, -0.25) is 4.79 Å². The monoisotopic (exact) mass is 554 g/mol. The number of piperidine rings is 1. The van der Waals surface area contributed by atoms with Crippen LogP contribution in [0.15, 0.2) is 83.9 Å². The molecule has 3 aromatic carbocycles. The smallest absolute Gasteiger partial charge is 0.407 e. The number of guanidine groups is 1. The van der Waals surface area contributed by atoms with Crippen molar-refractivity contribution in [3.05, 3.63) is 84.4 Å². The first-order valence-electron chi connectivity index (χ1n) is 14.2. The Bertz CT molecular complexity index is 1390. The minimum Gasteiger partial charge on any atom is -0.469 e.